The quantitative estimate of drug-likeness (QED) is 0.215. The van der Waals surface area contributed by atoms with Gasteiger partial charge in [-0.15, -0.1) is 0 Å². The lowest BCUT2D eigenvalue weighted by atomic mass is 9.83. The smallest absolute Gasteiger partial charge is 0.311 e. The first-order chi connectivity index (χ1) is 8.42. The summed E-state index contributed by atoms with van der Waals surface area (Å²) in [5.74, 6) is 0.897. The number of hydrogen-bond acceptors (Lipinski definition) is 3. The van der Waals surface area contributed by atoms with Crippen LogP contribution in [-0.2, 0) is 9.53 Å². The molecule has 102 valence electrons. The van der Waals surface area contributed by atoms with E-state index in [1.807, 2.05) is 6.92 Å². The van der Waals surface area contributed by atoms with E-state index in [1.165, 1.54) is 0 Å². The summed E-state index contributed by atoms with van der Waals surface area (Å²) in [4.78, 5) is 14.5. The standard InChI is InChI=1S/C13H23N3O2/c1-6-10(4)18-13(17)7-12(8-15-16-14)11(5)9(2)3/h9,11-12H,4,6-8H2,1-3,5H3/t11-,12-/m0/s1. The highest BCUT2D eigenvalue weighted by Crippen LogP contribution is 2.24. The number of allylic oxidation sites excluding steroid dienone is 1. The van der Waals surface area contributed by atoms with Crippen molar-refractivity contribution in [2.45, 2.75) is 40.5 Å². The molecule has 0 aromatic carbocycles. The molecule has 0 heterocycles. The van der Waals surface area contributed by atoms with Crippen molar-refractivity contribution < 1.29 is 9.53 Å². The van der Waals surface area contributed by atoms with Crippen LogP contribution < -0.4 is 0 Å². The Labute approximate surface area is 109 Å². The molecule has 0 rings (SSSR count). The molecule has 0 aliphatic heterocycles. The largest absolute Gasteiger partial charge is 0.432 e. The van der Waals surface area contributed by atoms with E-state index in [0.29, 0.717) is 24.6 Å². The maximum atomic E-state index is 11.7. The molecule has 0 unspecified atom stereocenters. The lowest BCUT2D eigenvalue weighted by molar-refractivity contribution is -0.141. The molecule has 0 saturated carbocycles. The number of carbonyl (C=O) groups is 1. The van der Waals surface area contributed by atoms with Crippen LogP contribution in [0.2, 0.25) is 0 Å². The minimum Gasteiger partial charge on any atom is -0.432 e. The van der Waals surface area contributed by atoms with E-state index in [-0.39, 0.29) is 24.2 Å². The third kappa shape index (κ3) is 6.30. The number of esters is 1. The number of carbonyl (C=O) groups excluding carboxylic acids is 1. The average Bonchev–Trinajstić information content (AvgIpc) is 2.32. The van der Waals surface area contributed by atoms with Gasteiger partial charge in [0.15, 0.2) is 0 Å². The zero-order valence-corrected chi connectivity index (χ0v) is 11.7. The van der Waals surface area contributed by atoms with Gasteiger partial charge < -0.3 is 4.74 Å². The van der Waals surface area contributed by atoms with Crippen molar-refractivity contribution in [1.29, 1.82) is 0 Å². The van der Waals surface area contributed by atoms with Crippen molar-refractivity contribution in [3.8, 4) is 0 Å². The minimum absolute atomic E-state index is 0.0121. The molecule has 0 saturated heterocycles. The normalized spacial score (nSPS) is 13.6. The summed E-state index contributed by atoms with van der Waals surface area (Å²) in [7, 11) is 0. The lowest BCUT2D eigenvalue weighted by Crippen LogP contribution is -2.23. The van der Waals surface area contributed by atoms with Crippen molar-refractivity contribution in [2.75, 3.05) is 6.54 Å². The Morgan fingerprint density at radius 1 is 1.44 bits per heavy atom. The molecular weight excluding hydrogens is 230 g/mol. The number of ether oxygens (including phenoxy) is 1. The predicted molar refractivity (Wildman–Crippen MR) is 71.6 cm³/mol. The maximum Gasteiger partial charge on any atom is 0.311 e. The van der Waals surface area contributed by atoms with E-state index in [1.54, 1.807) is 0 Å². The van der Waals surface area contributed by atoms with Crippen molar-refractivity contribution in [2.24, 2.45) is 22.9 Å². The van der Waals surface area contributed by atoms with Crippen LogP contribution in [0.3, 0.4) is 0 Å². The minimum atomic E-state index is -0.299. The Hall–Kier alpha value is -1.48. The molecule has 18 heavy (non-hydrogen) atoms. The third-order valence-corrected chi connectivity index (χ3v) is 3.26. The van der Waals surface area contributed by atoms with Crippen LogP contribution in [0.25, 0.3) is 10.4 Å². The number of azide groups is 1. The Balaban J connectivity index is 4.53. The summed E-state index contributed by atoms with van der Waals surface area (Å²) >= 11 is 0. The molecule has 0 radical (unpaired) electrons. The van der Waals surface area contributed by atoms with E-state index >= 15 is 0 Å². The molecule has 5 nitrogen and oxygen atoms in total. The first-order valence-electron chi connectivity index (χ1n) is 6.31. The van der Waals surface area contributed by atoms with Crippen molar-refractivity contribution in [1.82, 2.24) is 0 Å². The van der Waals surface area contributed by atoms with Gasteiger partial charge in [0.25, 0.3) is 0 Å². The summed E-state index contributed by atoms with van der Waals surface area (Å²) in [6.07, 6.45) is 0.879. The van der Waals surface area contributed by atoms with Gasteiger partial charge in [-0.1, -0.05) is 39.4 Å². The van der Waals surface area contributed by atoms with Gasteiger partial charge in [0.2, 0.25) is 0 Å². The highest BCUT2D eigenvalue weighted by Gasteiger charge is 2.23. The van der Waals surface area contributed by atoms with Gasteiger partial charge in [0, 0.05) is 24.3 Å². The monoisotopic (exact) mass is 253 g/mol. The summed E-state index contributed by atoms with van der Waals surface area (Å²) in [5, 5.41) is 3.58. The summed E-state index contributed by atoms with van der Waals surface area (Å²) < 4.78 is 5.07. The summed E-state index contributed by atoms with van der Waals surface area (Å²) in [6, 6.07) is 0. The number of nitrogens with zero attached hydrogens (tertiary/aromatic N) is 3. The molecule has 0 fully saturated rings. The van der Waals surface area contributed by atoms with Crippen LogP contribution in [0.1, 0.15) is 40.5 Å². The maximum absolute atomic E-state index is 11.7. The first-order valence-corrected chi connectivity index (χ1v) is 6.31. The van der Waals surface area contributed by atoms with Gasteiger partial charge in [-0.3, -0.25) is 4.79 Å². The Bertz CT molecular complexity index is 333. The first kappa shape index (κ1) is 16.5. The van der Waals surface area contributed by atoms with Crippen molar-refractivity contribution in [3.05, 3.63) is 22.8 Å². The molecule has 0 N–H and O–H groups in total. The van der Waals surface area contributed by atoms with E-state index in [0.717, 1.165) is 0 Å². The molecule has 5 heteroatoms. The molecule has 0 bridgehead atoms. The van der Waals surface area contributed by atoms with Gasteiger partial charge in [0.05, 0.1) is 0 Å². The van der Waals surface area contributed by atoms with E-state index < -0.39 is 0 Å². The zero-order chi connectivity index (χ0) is 14.1. The SMILES string of the molecule is C=C(CC)OC(=O)C[C@@H](CN=[N+]=[N-])[C@@H](C)C(C)C. The number of hydrogen-bond donors (Lipinski definition) is 0. The van der Waals surface area contributed by atoms with Crippen LogP contribution in [0.15, 0.2) is 17.5 Å². The Morgan fingerprint density at radius 2 is 2.06 bits per heavy atom. The fraction of sp³-hybridized carbons (Fsp3) is 0.769. The van der Waals surface area contributed by atoms with Crippen molar-refractivity contribution >= 4 is 5.97 Å². The van der Waals surface area contributed by atoms with Gasteiger partial charge in [-0.2, -0.15) is 0 Å². The van der Waals surface area contributed by atoms with Crippen LogP contribution >= 0.6 is 0 Å². The second-order valence-corrected chi connectivity index (χ2v) is 4.85. The third-order valence-electron chi connectivity index (χ3n) is 3.26. The molecule has 0 amide bonds. The van der Waals surface area contributed by atoms with Gasteiger partial charge in [-0.05, 0) is 23.3 Å². The fourth-order valence-electron chi connectivity index (χ4n) is 1.59. The highest BCUT2D eigenvalue weighted by atomic mass is 16.5. The Morgan fingerprint density at radius 3 is 2.50 bits per heavy atom. The number of rotatable bonds is 8. The molecule has 0 aromatic rings. The molecule has 0 aromatic heterocycles. The van der Waals surface area contributed by atoms with Gasteiger partial charge >= 0.3 is 5.97 Å². The Kier molecular flexibility index (Phi) is 7.88. The van der Waals surface area contributed by atoms with E-state index in [4.69, 9.17) is 10.3 Å². The van der Waals surface area contributed by atoms with Crippen LogP contribution in [-0.4, -0.2) is 12.5 Å². The molecule has 2 atom stereocenters. The molecule has 0 spiro atoms. The van der Waals surface area contributed by atoms with Crippen molar-refractivity contribution in [3.63, 3.8) is 0 Å². The van der Waals surface area contributed by atoms with Crippen LogP contribution in [0, 0.1) is 17.8 Å². The molecular formula is C13H23N3O2. The molecule has 0 aliphatic rings. The average molecular weight is 253 g/mol. The highest BCUT2D eigenvalue weighted by molar-refractivity contribution is 5.70. The summed E-state index contributed by atoms with van der Waals surface area (Å²) in [5.41, 5.74) is 8.38. The van der Waals surface area contributed by atoms with Crippen LogP contribution in [0.4, 0.5) is 0 Å². The summed E-state index contributed by atoms with van der Waals surface area (Å²) in [6.45, 7) is 12.1. The predicted octanol–water partition coefficient (Wildman–Crippen LogP) is 4.06. The van der Waals surface area contributed by atoms with E-state index in [2.05, 4.69) is 37.4 Å². The fourth-order valence-corrected chi connectivity index (χ4v) is 1.59. The zero-order valence-electron chi connectivity index (χ0n) is 11.7. The second-order valence-electron chi connectivity index (χ2n) is 4.85. The van der Waals surface area contributed by atoms with E-state index in [9.17, 15) is 4.79 Å². The second kappa shape index (κ2) is 8.59. The van der Waals surface area contributed by atoms with Crippen LogP contribution in [0.5, 0.6) is 0 Å². The van der Waals surface area contributed by atoms with Gasteiger partial charge in [-0.25, -0.2) is 0 Å². The van der Waals surface area contributed by atoms with Gasteiger partial charge in [0.1, 0.15) is 5.76 Å². The molecule has 0 aliphatic carbocycles. The lowest BCUT2D eigenvalue weighted by Gasteiger charge is -2.24. The topological polar surface area (TPSA) is 75.1 Å².